The van der Waals surface area contributed by atoms with E-state index in [1.165, 1.54) is 0 Å². The van der Waals surface area contributed by atoms with Crippen LogP contribution >= 0.6 is 0 Å². The fourth-order valence-corrected chi connectivity index (χ4v) is 2.89. The second-order valence-corrected chi connectivity index (χ2v) is 6.06. The van der Waals surface area contributed by atoms with E-state index >= 15 is 0 Å². The molecule has 18 heavy (non-hydrogen) atoms. The molecule has 1 N–H and O–H groups in total. The number of piperidine rings is 1. The first kappa shape index (κ1) is 15.5. The molecule has 1 aromatic carbocycles. The molecule has 1 aromatic rings. The SMILES string of the molecule is CC1CN(C)C(C)(C)CC1(O)c1ccccc1.[Cl-]. The number of halogens is 1. The van der Waals surface area contributed by atoms with Gasteiger partial charge in [0.1, 0.15) is 0 Å². The van der Waals surface area contributed by atoms with Crippen LogP contribution in [0.5, 0.6) is 0 Å². The lowest BCUT2D eigenvalue weighted by Gasteiger charge is -2.51. The Labute approximate surface area is 116 Å². The predicted octanol–water partition coefficient (Wildman–Crippen LogP) is -0.372. The van der Waals surface area contributed by atoms with E-state index in [4.69, 9.17) is 0 Å². The Morgan fingerprint density at radius 2 is 1.78 bits per heavy atom. The van der Waals surface area contributed by atoms with Gasteiger partial charge in [0, 0.05) is 18.0 Å². The lowest BCUT2D eigenvalue weighted by molar-refractivity contribution is -0.112. The third kappa shape index (κ3) is 2.56. The van der Waals surface area contributed by atoms with Crippen molar-refractivity contribution in [2.24, 2.45) is 5.92 Å². The molecule has 0 aromatic heterocycles. The first-order chi connectivity index (χ1) is 7.86. The number of hydrogen-bond acceptors (Lipinski definition) is 2. The Morgan fingerprint density at radius 1 is 1.22 bits per heavy atom. The van der Waals surface area contributed by atoms with E-state index in [-0.39, 0.29) is 23.9 Å². The van der Waals surface area contributed by atoms with E-state index < -0.39 is 5.60 Å². The molecule has 0 aliphatic carbocycles. The fourth-order valence-electron chi connectivity index (χ4n) is 2.89. The molecular weight excluding hydrogens is 246 g/mol. The number of aliphatic hydroxyl groups is 1. The van der Waals surface area contributed by atoms with Crippen molar-refractivity contribution >= 4 is 0 Å². The monoisotopic (exact) mass is 268 g/mol. The van der Waals surface area contributed by atoms with Crippen molar-refractivity contribution in [1.29, 1.82) is 0 Å². The lowest BCUT2D eigenvalue weighted by atomic mass is 9.70. The third-order valence-corrected chi connectivity index (χ3v) is 4.37. The molecule has 0 radical (unpaired) electrons. The zero-order valence-electron chi connectivity index (χ0n) is 11.7. The maximum absolute atomic E-state index is 11.0. The van der Waals surface area contributed by atoms with Crippen LogP contribution in [0.1, 0.15) is 32.8 Å². The van der Waals surface area contributed by atoms with Gasteiger partial charge in [-0.1, -0.05) is 37.3 Å². The molecule has 2 unspecified atom stereocenters. The summed E-state index contributed by atoms with van der Waals surface area (Å²) in [6.45, 7) is 7.47. The number of benzene rings is 1. The molecule has 1 aliphatic heterocycles. The van der Waals surface area contributed by atoms with Crippen LogP contribution in [0.25, 0.3) is 0 Å². The molecule has 102 valence electrons. The smallest absolute Gasteiger partial charge is 0.0951 e. The molecule has 1 aliphatic rings. The van der Waals surface area contributed by atoms with Crippen molar-refractivity contribution < 1.29 is 17.5 Å². The molecule has 1 heterocycles. The first-order valence-corrected chi connectivity index (χ1v) is 6.35. The van der Waals surface area contributed by atoms with Crippen LogP contribution in [0.3, 0.4) is 0 Å². The topological polar surface area (TPSA) is 23.5 Å². The zero-order chi connectivity index (χ0) is 12.7. The molecular formula is C15H23ClNO-. The first-order valence-electron chi connectivity index (χ1n) is 6.35. The van der Waals surface area contributed by atoms with Crippen molar-refractivity contribution in [3.05, 3.63) is 35.9 Å². The van der Waals surface area contributed by atoms with Crippen LogP contribution in [-0.2, 0) is 5.60 Å². The van der Waals surface area contributed by atoms with E-state index in [9.17, 15) is 5.11 Å². The van der Waals surface area contributed by atoms with E-state index in [1.54, 1.807) is 0 Å². The van der Waals surface area contributed by atoms with Crippen LogP contribution in [0.15, 0.2) is 30.3 Å². The minimum Gasteiger partial charge on any atom is -1.00 e. The highest BCUT2D eigenvalue weighted by molar-refractivity contribution is 5.25. The number of rotatable bonds is 1. The maximum atomic E-state index is 11.0. The molecule has 0 spiro atoms. The van der Waals surface area contributed by atoms with Crippen LogP contribution in [0.2, 0.25) is 0 Å². The third-order valence-electron chi connectivity index (χ3n) is 4.37. The largest absolute Gasteiger partial charge is 1.00 e. The van der Waals surface area contributed by atoms with Gasteiger partial charge in [0.25, 0.3) is 0 Å². The van der Waals surface area contributed by atoms with Crippen LogP contribution in [0.4, 0.5) is 0 Å². The van der Waals surface area contributed by atoms with E-state index in [0.717, 1.165) is 18.5 Å². The average molecular weight is 269 g/mol. The molecule has 0 saturated carbocycles. The molecule has 1 fully saturated rings. The normalized spacial score (nSPS) is 31.7. The number of hydrogen-bond donors (Lipinski definition) is 1. The Balaban J connectivity index is 0.00000162. The van der Waals surface area contributed by atoms with Crippen molar-refractivity contribution in [3.8, 4) is 0 Å². The fraction of sp³-hybridized carbons (Fsp3) is 0.600. The molecule has 1 saturated heterocycles. The summed E-state index contributed by atoms with van der Waals surface area (Å²) in [6, 6.07) is 10.1. The minimum atomic E-state index is -0.697. The van der Waals surface area contributed by atoms with Gasteiger partial charge in [-0.25, -0.2) is 0 Å². The van der Waals surface area contributed by atoms with Crippen molar-refractivity contribution in [1.82, 2.24) is 4.90 Å². The zero-order valence-corrected chi connectivity index (χ0v) is 12.4. The number of nitrogens with zero attached hydrogens (tertiary/aromatic N) is 1. The molecule has 2 rings (SSSR count). The van der Waals surface area contributed by atoms with Crippen LogP contribution in [0, 0.1) is 5.92 Å². The van der Waals surface area contributed by atoms with Gasteiger partial charge in [-0.05, 0) is 32.9 Å². The maximum Gasteiger partial charge on any atom is 0.0951 e. The van der Waals surface area contributed by atoms with Gasteiger partial charge in [0.05, 0.1) is 5.60 Å². The van der Waals surface area contributed by atoms with Gasteiger partial charge >= 0.3 is 0 Å². The Kier molecular flexibility index (Phi) is 4.47. The van der Waals surface area contributed by atoms with Crippen molar-refractivity contribution in [2.75, 3.05) is 13.6 Å². The summed E-state index contributed by atoms with van der Waals surface area (Å²) in [5.41, 5.74) is 0.391. The summed E-state index contributed by atoms with van der Waals surface area (Å²) in [6.07, 6.45) is 0.779. The van der Waals surface area contributed by atoms with Gasteiger partial charge in [-0.15, -0.1) is 0 Å². The highest BCUT2D eigenvalue weighted by atomic mass is 35.5. The summed E-state index contributed by atoms with van der Waals surface area (Å²) >= 11 is 0. The summed E-state index contributed by atoms with van der Waals surface area (Å²) in [5.74, 6) is 0.253. The van der Waals surface area contributed by atoms with Gasteiger partial charge in [-0.3, -0.25) is 0 Å². The summed E-state index contributed by atoms with van der Waals surface area (Å²) in [7, 11) is 2.14. The Bertz CT molecular complexity index is 393. The number of likely N-dealkylation sites (tertiary alicyclic amines) is 1. The molecule has 0 bridgehead atoms. The highest BCUT2D eigenvalue weighted by Crippen LogP contribution is 2.43. The molecule has 3 heteroatoms. The molecule has 2 atom stereocenters. The summed E-state index contributed by atoms with van der Waals surface area (Å²) in [5, 5.41) is 11.0. The quantitative estimate of drug-likeness (QED) is 0.751. The highest BCUT2D eigenvalue weighted by Gasteiger charge is 2.46. The van der Waals surface area contributed by atoms with Crippen molar-refractivity contribution in [3.63, 3.8) is 0 Å². The van der Waals surface area contributed by atoms with Gasteiger partial charge < -0.3 is 22.4 Å². The van der Waals surface area contributed by atoms with Crippen LogP contribution < -0.4 is 12.4 Å². The standard InChI is InChI=1S/C15H23NO.ClH/c1-12-10-16(4)14(2,3)11-15(12,17)13-8-6-5-7-9-13;/h5-9,12,17H,10-11H2,1-4H3;1H/p-1. The van der Waals surface area contributed by atoms with E-state index in [2.05, 4.69) is 32.7 Å². The second-order valence-electron chi connectivity index (χ2n) is 6.06. The van der Waals surface area contributed by atoms with E-state index in [0.29, 0.717) is 0 Å². The van der Waals surface area contributed by atoms with E-state index in [1.807, 2.05) is 30.3 Å². The summed E-state index contributed by atoms with van der Waals surface area (Å²) < 4.78 is 0. The van der Waals surface area contributed by atoms with Crippen LogP contribution in [-0.4, -0.2) is 29.1 Å². The predicted molar refractivity (Wildman–Crippen MR) is 70.8 cm³/mol. The van der Waals surface area contributed by atoms with Gasteiger partial charge in [-0.2, -0.15) is 0 Å². The van der Waals surface area contributed by atoms with Gasteiger partial charge in [0.15, 0.2) is 0 Å². The minimum absolute atomic E-state index is 0. The Morgan fingerprint density at radius 3 is 2.33 bits per heavy atom. The molecule has 0 amide bonds. The lowest BCUT2D eigenvalue weighted by Crippen LogP contribution is -3.00. The average Bonchev–Trinajstić information content (AvgIpc) is 2.27. The van der Waals surface area contributed by atoms with Crippen molar-refractivity contribution in [2.45, 2.75) is 38.3 Å². The second kappa shape index (κ2) is 5.20. The summed E-state index contributed by atoms with van der Waals surface area (Å²) in [4.78, 5) is 2.34. The molecule has 2 nitrogen and oxygen atoms in total. The Hall–Kier alpha value is -0.570. The van der Waals surface area contributed by atoms with Gasteiger partial charge in [0.2, 0.25) is 0 Å².